The summed E-state index contributed by atoms with van der Waals surface area (Å²) < 4.78 is 7.55. The third kappa shape index (κ3) is 3.32. The molecule has 2 aromatic carbocycles. The topological polar surface area (TPSA) is 73.0 Å². The van der Waals surface area contributed by atoms with Crippen LogP contribution in [0.5, 0.6) is 0 Å². The summed E-state index contributed by atoms with van der Waals surface area (Å²) in [5, 5.41) is 11.0. The van der Waals surface area contributed by atoms with Gasteiger partial charge in [0.05, 0.1) is 5.69 Å². The van der Waals surface area contributed by atoms with Crippen LogP contribution in [0.1, 0.15) is 16.1 Å². The van der Waals surface area contributed by atoms with Gasteiger partial charge < -0.3 is 9.73 Å². The smallest absolute Gasteiger partial charge is 0.256 e. The van der Waals surface area contributed by atoms with Crippen LogP contribution in [0.25, 0.3) is 27.6 Å². The number of fused-ring (bicyclic) bond motifs is 1. The van der Waals surface area contributed by atoms with Crippen molar-refractivity contribution in [2.24, 2.45) is 0 Å². The largest absolute Gasteiger partial charge is 0.454 e. The first-order valence-corrected chi connectivity index (χ1v) is 9.93. The molecule has 5 rings (SSSR count). The molecule has 6 nitrogen and oxygen atoms in total. The highest BCUT2D eigenvalue weighted by Crippen LogP contribution is 2.30. The summed E-state index contributed by atoms with van der Waals surface area (Å²) >= 11 is 1.44. The number of carbonyl (C=O) groups is 1. The van der Waals surface area contributed by atoms with Crippen molar-refractivity contribution in [3.05, 3.63) is 83.4 Å². The number of hydrogen-bond acceptors (Lipinski definition) is 5. The van der Waals surface area contributed by atoms with Crippen LogP contribution < -0.4 is 5.32 Å². The maximum Gasteiger partial charge on any atom is 0.256 e. The second-order valence-electron chi connectivity index (χ2n) is 6.57. The van der Waals surface area contributed by atoms with Gasteiger partial charge in [-0.2, -0.15) is 9.78 Å². The molecule has 3 heterocycles. The van der Waals surface area contributed by atoms with Crippen LogP contribution in [0, 0.1) is 6.92 Å². The molecule has 7 heteroatoms. The average molecular weight is 400 g/mol. The molecule has 0 aliphatic heterocycles. The molecule has 142 valence electrons. The van der Waals surface area contributed by atoms with Crippen LogP contribution >= 0.6 is 11.3 Å². The molecule has 5 aromatic rings. The van der Waals surface area contributed by atoms with Crippen molar-refractivity contribution in [1.82, 2.24) is 14.8 Å². The van der Waals surface area contributed by atoms with Crippen LogP contribution in [0.2, 0.25) is 0 Å². The number of carbonyl (C=O) groups excluding carboxylic acids is 1. The van der Waals surface area contributed by atoms with Gasteiger partial charge in [0.25, 0.3) is 5.91 Å². The van der Waals surface area contributed by atoms with Crippen molar-refractivity contribution >= 4 is 34.0 Å². The van der Waals surface area contributed by atoms with Crippen molar-refractivity contribution in [2.45, 2.75) is 6.92 Å². The molecule has 29 heavy (non-hydrogen) atoms. The van der Waals surface area contributed by atoms with E-state index >= 15 is 0 Å². The predicted molar refractivity (Wildman–Crippen MR) is 114 cm³/mol. The van der Waals surface area contributed by atoms with Crippen LogP contribution in [0.3, 0.4) is 0 Å². The minimum atomic E-state index is -0.194. The van der Waals surface area contributed by atoms with Gasteiger partial charge in [0.15, 0.2) is 5.76 Å². The number of benzene rings is 2. The van der Waals surface area contributed by atoms with Gasteiger partial charge in [-0.05, 0) is 31.2 Å². The van der Waals surface area contributed by atoms with E-state index in [1.807, 2.05) is 66.9 Å². The van der Waals surface area contributed by atoms with E-state index in [9.17, 15) is 4.79 Å². The quantitative estimate of drug-likeness (QED) is 0.444. The van der Waals surface area contributed by atoms with E-state index in [2.05, 4.69) is 15.4 Å². The highest BCUT2D eigenvalue weighted by Gasteiger charge is 2.16. The molecule has 0 saturated heterocycles. The Kier molecular flexibility index (Phi) is 4.22. The lowest BCUT2D eigenvalue weighted by Crippen LogP contribution is -2.14. The molecule has 0 spiro atoms. The summed E-state index contributed by atoms with van der Waals surface area (Å²) in [7, 11) is 0. The molecule has 1 N–H and O–H groups in total. The Labute approximate surface area is 170 Å². The second-order valence-corrected chi connectivity index (χ2v) is 7.40. The number of rotatable bonds is 4. The summed E-state index contributed by atoms with van der Waals surface area (Å²) in [6, 6.07) is 20.7. The van der Waals surface area contributed by atoms with Crippen LogP contribution in [-0.2, 0) is 0 Å². The van der Waals surface area contributed by atoms with E-state index in [1.54, 1.807) is 16.8 Å². The van der Waals surface area contributed by atoms with Crippen molar-refractivity contribution in [3.8, 4) is 16.6 Å². The molecule has 0 atom stereocenters. The zero-order valence-electron chi connectivity index (χ0n) is 15.5. The third-order valence-electron chi connectivity index (χ3n) is 4.46. The zero-order valence-corrected chi connectivity index (χ0v) is 16.3. The monoisotopic (exact) mass is 400 g/mol. The molecule has 0 saturated carbocycles. The highest BCUT2D eigenvalue weighted by atomic mass is 32.1. The van der Waals surface area contributed by atoms with E-state index in [1.165, 1.54) is 11.3 Å². The fourth-order valence-corrected chi connectivity index (χ4v) is 3.87. The Morgan fingerprint density at radius 1 is 1.07 bits per heavy atom. The maximum atomic E-state index is 12.5. The molecule has 0 fully saturated rings. The van der Waals surface area contributed by atoms with Gasteiger partial charge in [0, 0.05) is 22.4 Å². The minimum Gasteiger partial charge on any atom is -0.454 e. The summed E-state index contributed by atoms with van der Waals surface area (Å²) in [5.41, 5.74) is 2.92. The molecule has 0 aliphatic carbocycles. The standard InChI is InChI=1S/C22H16N4O2S/c1-14-11-20(24-21(27)15-7-3-2-4-8-15)26(25-14)22-23-17(13-29-22)19-12-16-9-5-6-10-18(16)28-19/h2-13H,1H3,(H,24,27). The molecule has 0 aliphatic rings. The van der Waals surface area contributed by atoms with Gasteiger partial charge in [-0.1, -0.05) is 36.4 Å². The average Bonchev–Trinajstić information content (AvgIpc) is 3.46. The molecule has 1 amide bonds. The predicted octanol–water partition coefficient (Wildman–Crippen LogP) is 5.30. The Hall–Kier alpha value is -3.71. The van der Waals surface area contributed by atoms with E-state index in [-0.39, 0.29) is 5.91 Å². The summed E-state index contributed by atoms with van der Waals surface area (Å²) in [5.74, 6) is 1.08. The van der Waals surface area contributed by atoms with E-state index in [0.29, 0.717) is 22.3 Å². The Bertz CT molecular complexity index is 1280. The number of thiazole rings is 1. The van der Waals surface area contributed by atoms with E-state index < -0.39 is 0 Å². The molecule has 0 radical (unpaired) electrons. The molecular weight excluding hydrogens is 384 g/mol. The summed E-state index contributed by atoms with van der Waals surface area (Å²) in [6.45, 7) is 1.88. The number of furan rings is 1. The van der Waals surface area contributed by atoms with Crippen LogP contribution in [0.15, 0.2) is 76.5 Å². The van der Waals surface area contributed by atoms with Crippen molar-refractivity contribution in [3.63, 3.8) is 0 Å². The number of nitrogens with zero attached hydrogens (tertiary/aromatic N) is 3. The van der Waals surface area contributed by atoms with Gasteiger partial charge in [-0.25, -0.2) is 4.98 Å². The first-order chi connectivity index (χ1) is 14.2. The number of para-hydroxylation sites is 1. The zero-order chi connectivity index (χ0) is 19.8. The van der Waals surface area contributed by atoms with Crippen LogP contribution in [0.4, 0.5) is 5.82 Å². The van der Waals surface area contributed by atoms with Crippen LogP contribution in [-0.4, -0.2) is 20.7 Å². The van der Waals surface area contributed by atoms with Crippen molar-refractivity contribution in [1.29, 1.82) is 0 Å². The van der Waals surface area contributed by atoms with E-state index in [0.717, 1.165) is 22.4 Å². The Morgan fingerprint density at radius 2 is 1.86 bits per heavy atom. The fourth-order valence-electron chi connectivity index (χ4n) is 3.10. The molecule has 0 bridgehead atoms. The van der Waals surface area contributed by atoms with Gasteiger partial charge in [-0.3, -0.25) is 4.79 Å². The number of amides is 1. The molecule has 0 unspecified atom stereocenters. The Balaban J connectivity index is 1.47. The maximum absolute atomic E-state index is 12.5. The number of hydrogen-bond donors (Lipinski definition) is 1. The normalized spacial score (nSPS) is 11.1. The van der Waals surface area contributed by atoms with Gasteiger partial charge in [0.2, 0.25) is 5.13 Å². The van der Waals surface area contributed by atoms with Gasteiger partial charge in [-0.15, -0.1) is 11.3 Å². The lowest BCUT2D eigenvalue weighted by molar-refractivity contribution is 0.102. The molecule has 3 aromatic heterocycles. The number of aryl methyl sites for hydroxylation is 1. The number of anilines is 1. The van der Waals surface area contributed by atoms with Gasteiger partial charge >= 0.3 is 0 Å². The lowest BCUT2D eigenvalue weighted by Gasteiger charge is -2.06. The fraction of sp³-hybridized carbons (Fsp3) is 0.0455. The SMILES string of the molecule is Cc1cc(NC(=O)c2ccccc2)n(-c2nc(-c3cc4ccccc4o3)cs2)n1. The first-order valence-electron chi connectivity index (χ1n) is 9.05. The second kappa shape index (κ2) is 7.03. The number of aromatic nitrogens is 3. The summed E-state index contributed by atoms with van der Waals surface area (Å²) in [4.78, 5) is 17.2. The van der Waals surface area contributed by atoms with E-state index in [4.69, 9.17) is 4.42 Å². The van der Waals surface area contributed by atoms with Gasteiger partial charge in [0.1, 0.15) is 17.1 Å². The lowest BCUT2D eigenvalue weighted by atomic mass is 10.2. The van der Waals surface area contributed by atoms with Crippen molar-refractivity contribution < 1.29 is 9.21 Å². The van der Waals surface area contributed by atoms with Crippen molar-refractivity contribution in [2.75, 3.05) is 5.32 Å². The summed E-state index contributed by atoms with van der Waals surface area (Å²) in [6.07, 6.45) is 0. The minimum absolute atomic E-state index is 0.194. The molecular formula is C22H16N4O2S. The Morgan fingerprint density at radius 3 is 2.69 bits per heavy atom. The first kappa shape index (κ1) is 17.4. The highest BCUT2D eigenvalue weighted by molar-refractivity contribution is 7.12. The number of nitrogens with one attached hydrogen (secondary N) is 1. The third-order valence-corrected chi connectivity index (χ3v) is 5.28.